The van der Waals surface area contributed by atoms with Crippen LogP contribution in [0.1, 0.15) is 38.7 Å². The van der Waals surface area contributed by atoms with Crippen molar-refractivity contribution in [2.24, 2.45) is 0 Å². The SMILES string of the molecule is CCC(COc1ccc(C(C)C)cc1)NC. The van der Waals surface area contributed by atoms with E-state index in [2.05, 4.69) is 50.4 Å². The quantitative estimate of drug-likeness (QED) is 0.796. The molecule has 0 saturated heterocycles. The lowest BCUT2D eigenvalue weighted by Gasteiger charge is -2.15. The molecule has 1 N–H and O–H groups in total. The second-order valence-corrected chi connectivity index (χ2v) is 4.43. The molecule has 1 rings (SSSR count). The Bertz CT molecular complexity index is 288. The Labute approximate surface area is 99.0 Å². The first-order chi connectivity index (χ1) is 7.67. The molecule has 0 spiro atoms. The summed E-state index contributed by atoms with van der Waals surface area (Å²) in [5.74, 6) is 1.54. The van der Waals surface area contributed by atoms with E-state index in [0.717, 1.165) is 18.8 Å². The van der Waals surface area contributed by atoms with Gasteiger partial charge in [-0.15, -0.1) is 0 Å². The highest BCUT2D eigenvalue weighted by Crippen LogP contribution is 2.18. The van der Waals surface area contributed by atoms with E-state index in [1.807, 2.05) is 7.05 Å². The van der Waals surface area contributed by atoms with Crippen LogP contribution in [0.5, 0.6) is 5.75 Å². The van der Waals surface area contributed by atoms with Crippen LogP contribution >= 0.6 is 0 Å². The summed E-state index contributed by atoms with van der Waals surface area (Å²) in [7, 11) is 1.97. The summed E-state index contributed by atoms with van der Waals surface area (Å²) in [4.78, 5) is 0. The largest absolute Gasteiger partial charge is 0.492 e. The molecular formula is C14H23NO. The van der Waals surface area contributed by atoms with Gasteiger partial charge in [-0.25, -0.2) is 0 Å². The zero-order chi connectivity index (χ0) is 12.0. The summed E-state index contributed by atoms with van der Waals surface area (Å²) in [6, 6.07) is 8.82. The Kier molecular flexibility index (Phi) is 5.33. The second-order valence-electron chi connectivity index (χ2n) is 4.43. The van der Waals surface area contributed by atoms with Gasteiger partial charge in [-0.3, -0.25) is 0 Å². The molecule has 16 heavy (non-hydrogen) atoms. The summed E-state index contributed by atoms with van der Waals surface area (Å²) in [6.07, 6.45) is 1.08. The standard InChI is InChI=1S/C14H23NO/c1-5-13(15-4)10-16-14-8-6-12(7-9-14)11(2)3/h6-9,11,13,15H,5,10H2,1-4H3. The van der Waals surface area contributed by atoms with Gasteiger partial charge in [-0.05, 0) is 37.1 Å². The Morgan fingerprint density at radius 1 is 1.19 bits per heavy atom. The highest BCUT2D eigenvalue weighted by molar-refractivity contribution is 5.28. The highest BCUT2D eigenvalue weighted by Gasteiger charge is 2.04. The van der Waals surface area contributed by atoms with E-state index in [0.29, 0.717) is 12.0 Å². The zero-order valence-corrected chi connectivity index (χ0v) is 10.8. The molecule has 0 aliphatic rings. The molecule has 0 radical (unpaired) electrons. The monoisotopic (exact) mass is 221 g/mol. The summed E-state index contributed by atoms with van der Waals surface area (Å²) in [5.41, 5.74) is 1.35. The molecule has 1 aromatic rings. The van der Waals surface area contributed by atoms with Crippen molar-refractivity contribution in [2.75, 3.05) is 13.7 Å². The minimum Gasteiger partial charge on any atom is -0.492 e. The van der Waals surface area contributed by atoms with Crippen LogP contribution in [-0.2, 0) is 0 Å². The average Bonchev–Trinajstić information content (AvgIpc) is 2.31. The van der Waals surface area contributed by atoms with E-state index in [1.165, 1.54) is 5.56 Å². The third kappa shape index (κ3) is 3.86. The van der Waals surface area contributed by atoms with Crippen molar-refractivity contribution >= 4 is 0 Å². The maximum absolute atomic E-state index is 5.72. The molecule has 0 aromatic heterocycles. The van der Waals surface area contributed by atoms with E-state index >= 15 is 0 Å². The molecule has 0 fully saturated rings. The molecule has 0 aliphatic carbocycles. The van der Waals surface area contributed by atoms with Crippen LogP contribution in [0.25, 0.3) is 0 Å². The fourth-order valence-electron chi connectivity index (χ4n) is 1.55. The number of ether oxygens (including phenoxy) is 1. The van der Waals surface area contributed by atoms with Crippen molar-refractivity contribution in [2.45, 2.75) is 39.2 Å². The van der Waals surface area contributed by atoms with Crippen molar-refractivity contribution < 1.29 is 4.74 Å². The summed E-state index contributed by atoms with van der Waals surface area (Å²) >= 11 is 0. The van der Waals surface area contributed by atoms with Crippen molar-refractivity contribution in [1.29, 1.82) is 0 Å². The van der Waals surface area contributed by atoms with E-state index in [1.54, 1.807) is 0 Å². The van der Waals surface area contributed by atoms with E-state index < -0.39 is 0 Å². The van der Waals surface area contributed by atoms with Crippen LogP contribution in [0.15, 0.2) is 24.3 Å². The molecule has 2 nitrogen and oxygen atoms in total. The van der Waals surface area contributed by atoms with Crippen LogP contribution in [0.3, 0.4) is 0 Å². The van der Waals surface area contributed by atoms with E-state index in [-0.39, 0.29) is 0 Å². The molecular weight excluding hydrogens is 198 g/mol. The van der Waals surface area contributed by atoms with Gasteiger partial charge < -0.3 is 10.1 Å². The molecule has 1 unspecified atom stereocenters. The fraction of sp³-hybridized carbons (Fsp3) is 0.571. The highest BCUT2D eigenvalue weighted by atomic mass is 16.5. The van der Waals surface area contributed by atoms with Crippen LogP contribution in [0.4, 0.5) is 0 Å². The maximum atomic E-state index is 5.72. The number of rotatable bonds is 6. The third-order valence-electron chi connectivity index (χ3n) is 2.90. The normalized spacial score (nSPS) is 12.8. The Hall–Kier alpha value is -1.02. The molecule has 0 heterocycles. The van der Waals surface area contributed by atoms with E-state index in [4.69, 9.17) is 4.74 Å². The number of benzene rings is 1. The average molecular weight is 221 g/mol. The minimum atomic E-state index is 0.435. The van der Waals surface area contributed by atoms with Crippen LogP contribution in [0, 0.1) is 0 Å². The number of hydrogen-bond donors (Lipinski definition) is 1. The molecule has 0 bridgehead atoms. The Balaban J connectivity index is 2.49. The van der Waals surface area contributed by atoms with Gasteiger partial charge in [0.25, 0.3) is 0 Å². The van der Waals surface area contributed by atoms with Gasteiger partial charge in [-0.1, -0.05) is 32.9 Å². The van der Waals surface area contributed by atoms with Gasteiger partial charge in [0.15, 0.2) is 0 Å². The first kappa shape index (κ1) is 13.0. The molecule has 90 valence electrons. The van der Waals surface area contributed by atoms with Crippen LogP contribution < -0.4 is 10.1 Å². The molecule has 0 saturated carbocycles. The minimum absolute atomic E-state index is 0.435. The number of likely N-dealkylation sites (N-methyl/N-ethyl adjacent to an activating group) is 1. The van der Waals surface area contributed by atoms with Gasteiger partial charge in [-0.2, -0.15) is 0 Å². The summed E-state index contributed by atoms with van der Waals surface area (Å²) < 4.78 is 5.72. The lowest BCUT2D eigenvalue weighted by Crippen LogP contribution is -2.30. The summed E-state index contributed by atoms with van der Waals surface area (Å²) in [5, 5.41) is 3.23. The molecule has 0 aliphatic heterocycles. The van der Waals surface area contributed by atoms with Crippen molar-refractivity contribution in [1.82, 2.24) is 5.32 Å². The first-order valence-electron chi connectivity index (χ1n) is 6.07. The Morgan fingerprint density at radius 3 is 2.25 bits per heavy atom. The van der Waals surface area contributed by atoms with Crippen LogP contribution in [0.2, 0.25) is 0 Å². The summed E-state index contributed by atoms with van der Waals surface area (Å²) in [6.45, 7) is 7.29. The van der Waals surface area contributed by atoms with Gasteiger partial charge >= 0.3 is 0 Å². The molecule has 1 atom stereocenters. The van der Waals surface area contributed by atoms with Gasteiger partial charge in [0.2, 0.25) is 0 Å². The smallest absolute Gasteiger partial charge is 0.119 e. The lowest BCUT2D eigenvalue weighted by atomic mass is 10.0. The first-order valence-corrected chi connectivity index (χ1v) is 6.07. The second kappa shape index (κ2) is 6.54. The fourth-order valence-corrected chi connectivity index (χ4v) is 1.55. The zero-order valence-electron chi connectivity index (χ0n) is 10.8. The number of hydrogen-bond acceptors (Lipinski definition) is 2. The van der Waals surface area contributed by atoms with Gasteiger partial charge in [0.1, 0.15) is 12.4 Å². The maximum Gasteiger partial charge on any atom is 0.119 e. The molecule has 1 aromatic carbocycles. The third-order valence-corrected chi connectivity index (χ3v) is 2.90. The van der Waals surface area contributed by atoms with Crippen molar-refractivity contribution in [3.63, 3.8) is 0 Å². The van der Waals surface area contributed by atoms with Gasteiger partial charge in [0.05, 0.1) is 0 Å². The topological polar surface area (TPSA) is 21.3 Å². The lowest BCUT2D eigenvalue weighted by molar-refractivity contribution is 0.267. The predicted molar refractivity (Wildman–Crippen MR) is 69.2 cm³/mol. The Morgan fingerprint density at radius 2 is 1.81 bits per heavy atom. The van der Waals surface area contributed by atoms with Crippen LogP contribution in [-0.4, -0.2) is 19.7 Å². The predicted octanol–water partition coefficient (Wildman–Crippen LogP) is 3.19. The van der Waals surface area contributed by atoms with Gasteiger partial charge in [0, 0.05) is 6.04 Å². The van der Waals surface area contributed by atoms with Crippen molar-refractivity contribution in [3.05, 3.63) is 29.8 Å². The molecule has 0 amide bonds. The van der Waals surface area contributed by atoms with E-state index in [9.17, 15) is 0 Å². The molecule has 2 heteroatoms. The number of nitrogens with one attached hydrogen (secondary N) is 1. The van der Waals surface area contributed by atoms with Crippen molar-refractivity contribution in [3.8, 4) is 5.75 Å².